The van der Waals surface area contributed by atoms with E-state index in [1.165, 1.54) is 0 Å². The van der Waals surface area contributed by atoms with E-state index in [1.807, 2.05) is 31.2 Å². The van der Waals surface area contributed by atoms with Crippen molar-refractivity contribution in [3.8, 4) is 0 Å². The standard InChI is InChI=1S/C11H11ClN2O.C4H9NO/c1-2-15-11-10(7-13-14-11)8-3-5-9(12)6-4-8;1-3-6-4-2-5-1/h3-6H,2,7H2,1H3;5H,1-4H2. The van der Waals surface area contributed by atoms with Crippen LogP contribution >= 0.6 is 11.6 Å². The normalized spacial score (nSPS) is 17.4. The fourth-order valence-electron chi connectivity index (χ4n) is 1.93. The number of halogens is 1. The third-order valence-corrected chi connectivity index (χ3v) is 3.22. The Morgan fingerprint density at radius 3 is 2.48 bits per heavy atom. The molecule has 5 nitrogen and oxygen atoms in total. The molecule has 0 spiro atoms. The van der Waals surface area contributed by atoms with E-state index >= 15 is 0 Å². The summed E-state index contributed by atoms with van der Waals surface area (Å²) in [5.41, 5.74) is 2.08. The van der Waals surface area contributed by atoms with E-state index in [1.54, 1.807) is 0 Å². The number of nitrogens with one attached hydrogen (secondary N) is 1. The van der Waals surface area contributed by atoms with Crippen LogP contribution in [0.15, 0.2) is 40.4 Å². The van der Waals surface area contributed by atoms with Crippen LogP contribution in [0.4, 0.5) is 0 Å². The van der Waals surface area contributed by atoms with Crippen molar-refractivity contribution in [3.05, 3.63) is 40.7 Å². The molecule has 0 amide bonds. The molecule has 1 fully saturated rings. The van der Waals surface area contributed by atoms with Crippen LogP contribution in [0.25, 0.3) is 5.57 Å². The summed E-state index contributed by atoms with van der Waals surface area (Å²) in [5.74, 6) is 0.625. The Hall–Kier alpha value is -1.43. The van der Waals surface area contributed by atoms with Crippen LogP contribution in [0, 0.1) is 0 Å². The molecule has 0 aromatic heterocycles. The van der Waals surface area contributed by atoms with Crippen molar-refractivity contribution in [3.63, 3.8) is 0 Å². The number of ether oxygens (including phenoxy) is 2. The largest absolute Gasteiger partial charge is 0.477 e. The highest BCUT2D eigenvalue weighted by Gasteiger charge is 2.15. The van der Waals surface area contributed by atoms with Gasteiger partial charge in [-0.25, -0.2) is 0 Å². The van der Waals surface area contributed by atoms with Crippen molar-refractivity contribution in [2.45, 2.75) is 6.92 Å². The van der Waals surface area contributed by atoms with E-state index in [0.717, 1.165) is 42.5 Å². The molecule has 114 valence electrons. The first-order valence-electron chi connectivity index (χ1n) is 7.09. The predicted molar refractivity (Wildman–Crippen MR) is 83.4 cm³/mol. The first-order chi connectivity index (χ1) is 10.3. The zero-order valence-corrected chi connectivity index (χ0v) is 12.9. The quantitative estimate of drug-likeness (QED) is 0.933. The van der Waals surface area contributed by atoms with E-state index < -0.39 is 0 Å². The topological polar surface area (TPSA) is 55.2 Å². The van der Waals surface area contributed by atoms with Crippen LogP contribution in [-0.4, -0.2) is 39.5 Å². The van der Waals surface area contributed by atoms with Gasteiger partial charge in [0, 0.05) is 23.7 Å². The van der Waals surface area contributed by atoms with Crippen molar-refractivity contribution in [1.29, 1.82) is 0 Å². The molecule has 0 atom stereocenters. The zero-order chi connectivity index (χ0) is 14.9. The maximum Gasteiger partial charge on any atom is 0.238 e. The number of nitrogens with zero attached hydrogens (tertiary/aromatic N) is 2. The van der Waals surface area contributed by atoms with Crippen LogP contribution < -0.4 is 5.32 Å². The fraction of sp³-hybridized carbons (Fsp3) is 0.467. The van der Waals surface area contributed by atoms with Crippen molar-refractivity contribution in [1.82, 2.24) is 5.32 Å². The molecule has 2 aliphatic rings. The molecule has 1 N–H and O–H groups in total. The summed E-state index contributed by atoms with van der Waals surface area (Å²) in [6.45, 7) is 6.95. The second-order valence-electron chi connectivity index (χ2n) is 4.49. The number of hydrogen-bond donors (Lipinski definition) is 1. The summed E-state index contributed by atoms with van der Waals surface area (Å²) in [6, 6.07) is 7.61. The number of hydrogen-bond acceptors (Lipinski definition) is 5. The van der Waals surface area contributed by atoms with Gasteiger partial charge < -0.3 is 14.8 Å². The molecule has 1 saturated heterocycles. The van der Waals surface area contributed by atoms with E-state index in [-0.39, 0.29) is 0 Å². The molecule has 21 heavy (non-hydrogen) atoms. The van der Waals surface area contributed by atoms with Gasteiger partial charge in [-0.15, -0.1) is 5.11 Å². The number of azo groups is 1. The molecule has 6 heteroatoms. The van der Waals surface area contributed by atoms with Crippen LogP contribution in [-0.2, 0) is 9.47 Å². The molecule has 0 saturated carbocycles. The Balaban J connectivity index is 0.000000225. The van der Waals surface area contributed by atoms with Crippen molar-refractivity contribution >= 4 is 17.2 Å². The molecule has 0 bridgehead atoms. The van der Waals surface area contributed by atoms with Gasteiger partial charge in [0.2, 0.25) is 5.88 Å². The molecular weight excluding hydrogens is 290 g/mol. The third-order valence-electron chi connectivity index (χ3n) is 2.97. The van der Waals surface area contributed by atoms with Gasteiger partial charge >= 0.3 is 0 Å². The number of benzene rings is 1. The minimum absolute atomic E-state index is 0.580. The summed E-state index contributed by atoms with van der Waals surface area (Å²) >= 11 is 5.82. The van der Waals surface area contributed by atoms with Crippen LogP contribution in [0.3, 0.4) is 0 Å². The highest BCUT2D eigenvalue weighted by molar-refractivity contribution is 6.30. The van der Waals surface area contributed by atoms with E-state index in [0.29, 0.717) is 19.0 Å². The maximum absolute atomic E-state index is 5.82. The summed E-state index contributed by atoms with van der Waals surface area (Å²) in [7, 11) is 0. The lowest BCUT2D eigenvalue weighted by atomic mass is 10.1. The molecule has 0 radical (unpaired) electrons. The van der Waals surface area contributed by atoms with E-state index in [4.69, 9.17) is 21.1 Å². The number of morpholine rings is 1. The van der Waals surface area contributed by atoms with Gasteiger partial charge in [0.25, 0.3) is 0 Å². The lowest BCUT2D eigenvalue weighted by Gasteiger charge is -2.10. The lowest BCUT2D eigenvalue weighted by Crippen LogP contribution is -2.30. The minimum Gasteiger partial charge on any atom is -0.477 e. The van der Waals surface area contributed by atoms with Gasteiger partial charge in [0.1, 0.15) is 0 Å². The molecule has 0 unspecified atom stereocenters. The molecule has 0 aliphatic carbocycles. The monoisotopic (exact) mass is 309 g/mol. The van der Waals surface area contributed by atoms with Gasteiger partial charge in [-0.1, -0.05) is 23.7 Å². The van der Waals surface area contributed by atoms with Crippen LogP contribution in [0.2, 0.25) is 5.02 Å². The van der Waals surface area contributed by atoms with Gasteiger partial charge in [-0.3, -0.25) is 0 Å². The highest BCUT2D eigenvalue weighted by Crippen LogP contribution is 2.26. The van der Waals surface area contributed by atoms with Gasteiger partial charge in [0.15, 0.2) is 0 Å². The summed E-state index contributed by atoms with van der Waals surface area (Å²) in [4.78, 5) is 0. The van der Waals surface area contributed by atoms with Gasteiger partial charge in [-0.05, 0) is 24.6 Å². The molecular formula is C15H20ClN3O2. The van der Waals surface area contributed by atoms with Crippen LogP contribution in [0.5, 0.6) is 0 Å². The van der Waals surface area contributed by atoms with Crippen LogP contribution in [0.1, 0.15) is 12.5 Å². The average Bonchev–Trinajstić information content (AvgIpc) is 2.99. The van der Waals surface area contributed by atoms with E-state index in [9.17, 15) is 0 Å². The molecule has 1 aromatic carbocycles. The smallest absolute Gasteiger partial charge is 0.238 e. The molecule has 2 aliphatic heterocycles. The minimum atomic E-state index is 0.580. The summed E-state index contributed by atoms with van der Waals surface area (Å²) in [5, 5.41) is 11.8. The Morgan fingerprint density at radius 1 is 1.24 bits per heavy atom. The second kappa shape index (κ2) is 8.77. The SMILES string of the molecule is C1COCCN1.CCOC1=C(c2ccc(Cl)cc2)CN=N1. The molecule has 3 rings (SSSR count). The van der Waals surface area contributed by atoms with Gasteiger partial charge in [0.05, 0.1) is 26.4 Å². The predicted octanol–water partition coefficient (Wildman–Crippen LogP) is 3.12. The third kappa shape index (κ3) is 5.12. The van der Waals surface area contributed by atoms with Crippen molar-refractivity contribution in [2.24, 2.45) is 10.2 Å². The number of rotatable bonds is 3. The Kier molecular flexibility index (Phi) is 6.66. The highest BCUT2D eigenvalue weighted by atomic mass is 35.5. The Bertz CT molecular complexity index is 485. The molecule has 2 heterocycles. The van der Waals surface area contributed by atoms with E-state index in [2.05, 4.69) is 15.5 Å². The van der Waals surface area contributed by atoms with Crippen molar-refractivity contribution < 1.29 is 9.47 Å². The molecule has 1 aromatic rings. The average molecular weight is 310 g/mol. The lowest BCUT2D eigenvalue weighted by molar-refractivity contribution is 0.109. The van der Waals surface area contributed by atoms with Gasteiger partial charge in [-0.2, -0.15) is 5.11 Å². The second-order valence-corrected chi connectivity index (χ2v) is 4.92. The first-order valence-corrected chi connectivity index (χ1v) is 7.47. The van der Waals surface area contributed by atoms with Crippen molar-refractivity contribution in [2.75, 3.05) is 39.5 Å². The summed E-state index contributed by atoms with van der Waals surface area (Å²) in [6.07, 6.45) is 0. The summed E-state index contributed by atoms with van der Waals surface area (Å²) < 4.78 is 10.4. The Labute approximate surface area is 130 Å². The zero-order valence-electron chi connectivity index (χ0n) is 12.1. The fourth-order valence-corrected chi connectivity index (χ4v) is 2.06. The maximum atomic E-state index is 5.82. The Morgan fingerprint density at radius 2 is 1.95 bits per heavy atom. The first kappa shape index (κ1) is 15.9.